The maximum Gasteiger partial charge on any atom is 0.217 e. The number of aromatic nitrogens is 1. The zero-order valence-electron chi connectivity index (χ0n) is 8.00. The molecule has 0 spiro atoms. The van der Waals surface area contributed by atoms with E-state index in [1.54, 1.807) is 12.1 Å². The smallest absolute Gasteiger partial charge is 0.217 e. The van der Waals surface area contributed by atoms with Crippen LogP contribution in [0.4, 0.5) is 4.39 Å². The van der Waals surface area contributed by atoms with Crippen molar-refractivity contribution in [1.29, 1.82) is 0 Å². The Balaban J connectivity index is 2.88. The lowest BCUT2D eigenvalue weighted by molar-refractivity contribution is 0.432. The van der Waals surface area contributed by atoms with Crippen molar-refractivity contribution >= 4 is 0 Å². The third kappa shape index (κ3) is 2.25. The van der Waals surface area contributed by atoms with Crippen LogP contribution in [0.3, 0.4) is 0 Å². The van der Waals surface area contributed by atoms with E-state index in [1.807, 2.05) is 13.8 Å². The van der Waals surface area contributed by atoms with Crippen LogP contribution in [0.5, 0.6) is 0 Å². The topological polar surface area (TPSA) is 38.9 Å². The second-order valence-electron chi connectivity index (χ2n) is 3.29. The Morgan fingerprint density at radius 3 is 2.85 bits per heavy atom. The number of nitrogens with two attached hydrogens (primary N) is 1. The Labute approximate surface area is 78.0 Å². The molecule has 1 aromatic rings. The van der Waals surface area contributed by atoms with Crippen LogP contribution in [0.25, 0.3) is 0 Å². The van der Waals surface area contributed by atoms with E-state index in [0.29, 0.717) is 5.56 Å². The van der Waals surface area contributed by atoms with Gasteiger partial charge in [0.05, 0.1) is 0 Å². The van der Waals surface area contributed by atoms with E-state index in [9.17, 15) is 4.39 Å². The fraction of sp³-hybridized carbons (Fsp3) is 0.500. The molecule has 0 amide bonds. The Bertz CT molecular complexity index is 275. The van der Waals surface area contributed by atoms with Crippen LogP contribution in [0.2, 0.25) is 0 Å². The van der Waals surface area contributed by atoms with E-state index in [1.165, 1.54) is 6.20 Å². The van der Waals surface area contributed by atoms with Crippen molar-refractivity contribution in [2.24, 2.45) is 11.7 Å². The SMILES string of the molecule is CCC(C)[C@@H](N)c1cccnc1F. The Morgan fingerprint density at radius 1 is 1.62 bits per heavy atom. The maximum atomic E-state index is 13.1. The molecule has 2 atom stereocenters. The van der Waals surface area contributed by atoms with Crippen molar-refractivity contribution in [2.75, 3.05) is 0 Å². The number of nitrogens with zero attached hydrogens (tertiary/aromatic N) is 1. The second kappa shape index (κ2) is 4.33. The number of hydrogen-bond donors (Lipinski definition) is 1. The van der Waals surface area contributed by atoms with Gasteiger partial charge in [0.15, 0.2) is 0 Å². The number of halogens is 1. The van der Waals surface area contributed by atoms with Gasteiger partial charge in [-0.3, -0.25) is 0 Å². The van der Waals surface area contributed by atoms with E-state index in [-0.39, 0.29) is 12.0 Å². The summed E-state index contributed by atoms with van der Waals surface area (Å²) in [5.74, 6) is -0.172. The first-order valence-corrected chi connectivity index (χ1v) is 4.52. The van der Waals surface area contributed by atoms with Crippen molar-refractivity contribution < 1.29 is 4.39 Å². The lowest BCUT2D eigenvalue weighted by atomic mass is 9.94. The normalized spacial score (nSPS) is 15.4. The molecular formula is C10H15FN2. The molecule has 2 nitrogen and oxygen atoms in total. The van der Waals surface area contributed by atoms with Crippen LogP contribution in [-0.4, -0.2) is 4.98 Å². The third-order valence-electron chi connectivity index (χ3n) is 2.40. The van der Waals surface area contributed by atoms with Gasteiger partial charge >= 0.3 is 0 Å². The molecule has 72 valence electrons. The summed E-state index contributed by atoms with van der Waals surface area (Å²) >= 11 is 0. The first-order chi connectivity index (χ1) is 6.16. The van der Waals surface area contributed by atoms with Crippen molar-refractivity contribution in [2.45, 2.75) is 26.3 Å². The molecule has 13 heavy (non-hydrogen) atoms. The molecule has 1 heterocycles. The molecule has 0 aromatic carbocycles. The summed E-state index contributed by atoms with van der Waals surface area (Å²) in [7, 11) is 0. The van der Waals surface area contributed by atoms with Crippen molar-refractivity contribution in [3.8, 4) is 0 Å². The first kappa shape index (κ1) is 10.1. The highest BCUT2D eigenvalue weighted by molar-refractivity contribution is 5.15. The molecule has 0 saturated heterocycles. The maximum absolute atomic E-state index is 13.1. The number of rotatable bonds is 3. The summed E-state index contributed by atoms with van der Waals surface area (Å²) in [6.45, 7) is 4.05. The fourth-order valence-electron chi connectivity index (χ4n) is 1.21. The fourth-order valence-corrected chi connectivity index (χ4v) is 1.21. The average Bonchev–Trinajstić information content (AvgIpc) is 2.16. The van der Waals surface area contributed by atoms with Gasteiger partial charge in [-0.1, -0.05) is 26.3 Å². The summed E-state index contributed by atoms with van der Waals surface area (Å²) < 4.78 is 13.1. The zero-order valence-corrected chi connectivity index (χ0v) is 8.00. The van der Waals surface area contributed by atoms with Crippen LogP contribution >= 0.6 is 0 Å². The minimum atomic E-state index is -0.449. The molecule has 0 aliphatic heterocycles. The summed E-state index contributed by atoms with van der Waals surface area (Å²) in [4.78, 5) is 3.57. The third-order valence-corrected chi connectivity index (χ3v) is 2.40. The molecule has 0 aliphatic rings. The molecule has 0 saturated carbocycles. The van der Waals surface area contributed by atoms with Crippen LogP contribution < -0.4 is 5.73 Å². The highest BCUT2D eigenvalue weighted by atomic mass is 19.1. The number of pyridine rings is 1. The summed E-state index contributed by atoms with van der Waals surface area (Å²) in [6, 6.07) is 3.15. The molecule has 0 aliphatic carbocycles. The van der Waals surface area contributed by atoms with E-state index >= 15 is 0 Å². The summed E-state index contributed by atoms with van der Waals surface area (Å²) in [6.07, 6.45) is 2.37. The van der Waals surface area contributed by atoms with Crippen LogP contribution in [-0.2, 0) is 0 Å². The van der Waals surface area contributed by atoms with E-state index in [0.717, 1.165) is 6.42 Å². The molecule has 1 aromatic heterocycles. The predicted octanol–water partition coefficient (Wildman–Crippen LogP) is 2.27. The van der Waals surface area contributed by atoms with E-state index in [4.69, 9.17) is 5.73 Å². The Kier molecular flexibility index (Phi) is 3.37. The highest BCUT2D eigenvalue weighted by Gasteiger charge is 2.16. The first-order valence-electron chi connectivity index (χ1n) is 4.52. The Morgan fingerprint density at radius 2 is 2.31 bits per heavy atom. The Hall–Kier alpha value is -0.960. The molecule has 1 unspecified atom stereocenters. The van der Waals surface area contributed by atoms with Gasteiger partial charge in [-0.05, 0) is 12.0 Å². The standard InChI is InChI=1S/C10H15FN2/c1-3-7(2)9(12)8-5-4-6-13-10(8)11/h4-7,9H,3,12H2,1-2H3/t7?,9-/m1/s1. The molecule has 2 N–H and O–H groups in total. The van der Waals surface area contributed by atoms with Gasteiger partial charge in [-0.15, -0.1) is 0 Å². The lowest BCUT2D eigenvalue weighted by Crippen LogP contribution is -2.20. The average molecular weight is 182 g/mol. The van der Waals surface area contributed by atoms with Crippen LogP contribution in [0.15, 0.2) is 18.3 Å². The largest absolute Gasteiger partial charge is 0.324 e. The summed E-state index contributed by atoms with van der Waals surface area (Å²) in [5.41, 5.74) is 6.38. The van der Waals surface area contributed by atoms with Crippen molar-refractivity contribution in [3.63, 3.8) is 0 Å². The van der Waals surface area contributed by atoms with Gasteiger partial charge in [0.25, 0.3) is 0 Å². The predicted molar refractivity (Wildman–Crippen MR) is 50.6 cm³/mol. The molecule has 3 heteroatoms. The molecule has 1 rings (SSSR count). The van der Waals surface area contributed by atoms with Gasteiger partial charge in [0.1, 0.15) is 0 Å². The van der Waals surface area contributed by atoms with E-state index < -0.39 is 5.95 Å². The molecule has 0 radical (unpaired) electrons. The van der Waals surface area contributed by atoms with Gasteiger partial charge in [0, 0.05) is 17.8 Å². The van der Waals surface area contributed by atoms with Crippen molar-refractivity contribution in [1.82, 2.24) is 4.98 Å². The highest BCUT2D eigenvalue weighted by Crippen LogP contribution is 2.22. The number of hydrogen-bond acceptors (Lipinski definition) is 2. The van der Waals surface area contributed by atoms with E-state index in [2.05, 4.69) is 4.98 Å². The quantitative estimate of drug-likeness (QED) is 0.728. The summed E-state index contributed by atoms with van der Waals surface area (Å²) in [5, 5.41) is 0. The molecular weight excluding hydrogens is 167 g/mol. The van der Waals surface area contributed by atoms with Gasteiger partial charge in [-0.25, -0.2) is 4.98 Å². The monoisotopic (exact) mass is 182 g/mol. The lowest BCUT2D eigenvalue weighted by Gasteiger charge is -2.18. The van der Waals surface area contributed by atoms with Gasteiger partial charge in [-0.2, -0.15) is 4.39 Å². The minimum Gasteiger partial charge on any atom is -0.324 e. The van der Waals surface area contributed by atoms with Gasteiger partial charge in [0.2, 0.25) is 5.95 Å². The molecule has 0 fully saturated rings. The van der Waals surface area contributed by atoms with Gasteiger partial charge < -0.3 is 5.73 Å². The molecule has 0 bridgehead atoms. The minimum absolute atomic E-state index is 0.251. The van der Waals surface area contributed by atoms with Crippen LogP contribution in [0, 0.1) is 11.9 Å². The van der Waals surface area contributed by atoms with Crippen molar-refractivity contribution in [3.05, 3.63) is 29.8 Å². The zero-order chi connectivity index (χ0) is 9.84. The second-order valence-corrected chi connectivity index (χ2v) is 3.29. The van der Waals surface area contributed by atoms with Crippen LogP contribution in [0.1, 0.15) is 31.9 Å².